The summed E-state index contributed by atoms with van der Waals surface area (Å²) in [6, 6.07) is 1.95. The van der Waals surface area contributed by atoms with E-state index in [1.807, 2.05) is 19.9 Å². The lowest BCUT2D eigenvalue weighted by atomic mass is 10.4. The molecule has 2 heterocycles. The van der Waals surface area contributed by atoms with E-state index in [2.05, 4.69) is 15.2 Å². The minimum Gasteiger partial charge on any atom is -0.460 e. The number of ether oxygens (including phenoxy) is 1. The van der Waals surface area contributed by atoms with E-state index in [4.69, 9.17) is 9.26 Å². The van der Waals surface area contributed by atoms with E-state index >= 15 is 0 Å². The smallest absolute Gasteiger partial charge is 0.379 e. The minimum absolute atomic E-state index is 0.0617. The van der Waals surface area contributed by atoms with Crippen LogP contribution in [0, 0.1) is 13.8 Å². The summed E-state index contributed by atoms with van der Waals surface area (Å²) in [5, 5.41) is 7.83. The zero-order valence-corrected chi connectivity index (χ0v) is 10.5. The molecule has 7 heteroatoms. The molecule has 0 atom stereocenters. The van der Waals surface area contributed by atoms with Gasteiger partial charge in [-0.2, -0.15) is 10.1 Å². The van der Waals surface area contributed by atoms with Crippen molar-refractivity contribution in [3.05, 3.63) is 29.2 Å². The third kappa shape index (κ3) is 2.55. The maximum atomic E-state index is 11.4. The number of rotatable bonds is 4. The second kappa shape index (κ2) is 4.99. The fraction of sp³-hybridized carbons (Fsp3) is 0.455. The van der Waals surface area contributed by atoms with Crippen LogP contribution in [0.1, 0.15) is 34.8 Å². The fourth-order valence-electron chi connectivity index (χ4n) is 1.56. The average molecular weight is 250 g/mol. The van der Waals surface area contributed by atoms with Crippen LogP contribution in [0.2, 0.25) is 0 Å². The maximum absolute atomic E-state index is 11.4. The van der Waals surface area contributed by atoms with Crippen molar-refractivity contribution in [2.45, 2.75) is 27.3 Å². The van der Waals surface area contributed by atoms with Gasteiger partial charge in [0.2, 0.25) is 5.89 Å². The van der Waals surface area contributed by atoms with E-state index in [-0.39, 0.29) is 12.4 Å². The van der Waals surface area contributed by atoms with Gasteiger partial charge < -0.3 is 9.26 Å². The number of esters is 1. The fourth-order valence-corrected chi connectivity index (χ4v) is 1.56. The van der Waals surface area contributed by atoms with Crippen LogP contribution in [0.4, 0.5) is 0 Å². The van der Waals surface area contributed by atoms with Crippen molar-refractivity contribution < 1.29 is 14.1 Å². The van der Waals surface area contributed by atoms with Crippen LogP contribution in [-0.2, 0) is 11.3 Å². The van der Waals surface area contributed by atoms with Gasteiger partial charge in [-0.1, -0.05) is 0 Å². The summed E-state index contributed by atoms with van der Waals surface area (Å²) >= 11 is 0. The Morgan fingerprint density at radius 2 is 2.28 bits per heavy atom. The first-order chi connectivity index (χ1) is 8.60. The van der Waals surface area contributed by atoms with Crippen LogP contribution in [-0.4, -0.2) is 32.5 Å². The summed E-state index contributed by atoms with van der Waals surface area (Å²) in [6.45, 7) is 6.17. The van der Waals surface area contributed by atoms with Crippen LogP contribution in [0.25, 0.3) is 0 Å². The van der Waals surface area contributed by atoms with E-state index in [0.29, 0.717) is 12.4 Å². The highest BCUT2D eigenvalue weighted by Gasteiger charge is 2.16. The molecule has 0 fully saturated rings. The molecule has 18 heavy (non-hydrogen) atoms. The third-order valence-electron chi connectivity index (χ3n) is 2.31. The molecule has 0 spiro atoms. The molecule has 0 saturated carbocycles. The number of hydrogen-bond donors (Lipinski definition) is 0. The zero-order valence-electron chi connectivity index (χ0n) is 10.5. The van der Waals surface area contributed by atoms with Gasteiger partial charge in [-0.15, -0.1) is 0 Å². The summed E-state index contributed by atoms with van der Waals surface area (Å²) in [6.07, 6.45) is 0. The molecule has 0 bridgehead atoms. The molecule has 0 radical (unpaired) electrons. The molecular formula is C11H14N4O3. The number of aromatic nitrogens is 4. The van der Waals surface area contributed by atoms with Gasteiger partial charge in [-0.3, -0.25) is 4.68 Å². The maximum Gasteiger partial charge on any atom is 0.379 e. The first-order valence-electron chi connectivity index (χ1n) is 5.61. The molecule has 0 saturated heterocycles. The van der Waals surface area contributed by atoms with Crippen LogP contribution < -0.4 is 0 Å². The summed E-state index contributed by atoms with van der Waals surface area (Å²) in [7, 11) is 0. The molecule has 0 amide bonds. The first kappa shape index (κ1) is 12.3. The van der Waals surface area contributed by atoms with Gasteiger partial charge in [-0.25, -0.2) is 4.79 Å². The highest BCUT2D eigenvalue weighted by molar-refractivity contribution is 5.84. The summed E-state index contributed by atoms with van der Waals surface area (Å²) in [5.41, 5.74) is 1.90. The Morgan fingerprint density at radius 3 is 2.89 bits per heavy atom. The molecule has 0 aromatic carbocycles. The van der Waals surface area contributed by atoms with Gasteiger partial charge in [0, 0.05) is 5.69 Å². The van der Waals surface area contributed by atoms with Gasteiger partial charge in [0.05, 0.1) is 12.3 Å². The van der Waals surface area contributed by atoms with E-state index < -0.39 is 5.97 Å². The quantitative estimate of drug-likeness (QED) is 0.756. The Hall–Kier alpha value is -2.18. The molecule has 2 rings (SSSR count). The Morgan fingerprint density at radius 1 is 1.50 bits per heavy atom. The molecule has 0 N–H and O–H groups in total. The summed E-state index contributed by atoms with van der Waals surface area (Å²) in [5.74, 6) is -0.321. The zero-order chi connectivity index (χ0) is 13.1. The van der Waals surface area contributed by atoms with Gasteiger partial charge in [0.15, 0.2) is 0 Å². The van der Waals surface area contributed by atoms with E-state index in [0.717, 1.165) is 11.4 Å². The van der Waals surface area contributed by atoms with Crippen molar-refractivity contribution >= 4 is 5.97 Å². The molecule has 7 nitrogen and oxygen atoms in total. The summed E-state index contributed by atoms with van der Waals surface area (Å²) in [4.78, 5) is 15.3. The summed E-state index contributed by atoms with van der Waals surface area (Å²) < 4.78 is 11.5. The standard InChI is InChI=1S/C11H14N4O3/c1-4-17-11(16)10-12-9(18-14-10)6-15-8(3)5-7(2)13-15/h5H,4,6H2,1-3H3. The molecule has 2 aromatic heterocycles. The van der Waals surface area contributed by atoms with Crippen molar-refractivity contribution in [3.63, 3.8) is 0 Å². The SMILES string of the molecule is CCOC(=O)c1noc(Cn2nc(C)cc2C)n1. The third-order valence-corrected chi connectivity index (χ3v) is 2.31. The molecule has 2 aromatic rings. The van der Waals surface area contributed by atoms with Crippen molar-refractivity contribution in [2.24, 2.45) is 0 Å². The normalized spacial score (nSPS) is 10.6. The lowest BCUT2D eigenvalue weighted by Crippen LogP contribution is -2.08. The van der Waals surface area contributed by atoms with Crippen molar-refractivity contribution in [2.75, 3.05) is 6.61 Å². The van der Waals surface area contributed by atoms with E-state index in [1.54, 1.807) is 11.6 Å². The highest BCUT2D eigenvalue weighted by atomic mass is 16.5. The molecule has 96 valence electrons. The van der Waals surface area contributed by atoms with E-state index in [1.165, 1.54) is 0 Å². The van der Waals surface area contributed by atoms with Crippen LogP contribution in [0.15, 0.2) is 10.6 Å². The average Bonchev–Trinajstić information content (AvgIpc) is 2.88. The number of hydrogen-bond acceptors (Lipinski definition) is 6. The molecule has 0 aliphatic carbocycles. The van der Waals surface area contributed by atoms with Gasteiger partial charge >= 0.3 is 5.97 Å². The number of carbonyl (C=O) groups is 1. The molecule has 0 unspecified atom stereocenters. The second-order valence-electron chi connectivity index (χ2n) is 3.82. The highest BCUT2D eigenvalue weighted by Crippen LogP contribution is 2.06. The first-order valence-corrected chi connectivity index (χ1v) is 5.61. The minimum atomic E-state index is -0.583. The monoisotopic (exact) mass is 250 g/mol. The Kier molecular flexibility index (Phi) is 3.40. The van der Waals surface area contributed by atoms with Gasteiger partial charge in [0.1, 0.15) is 6.54 Å². The van der Waals surface area contributed by atoms with Crippen LogP contribution in [0.3, 0.4) is 0 Å². The molecular weight excluding hydrogens is 236 g/mol. The number of nitrogens with zero attached hydrogens (tertiary/aromatic N) is 4. The Labute approximate surface area is 104 Å². The molecule has 0 aliphatic heterocycles. The predicted molar refractivity (Wildman–Crippen MR) is 61.1 cm³/mol. The van der Waals surface area contributed by atoms with Crippen molar-refractivity contribution in [1.29, 1.82) is 0 Å². The lowest BCUT2D eigenvalue weighted by molar-refractivity contribution is 0.0508. The van der Waals surface area contributed by atoms with Crippen LogP contribution in [0.5, 0.6) is 0 Å². The molecule has 0 aliphatic rings. The Bertz CT molecular complexity index is 558. The Balaban J connectivity index is 2.11. The number of aryl methyl sites for hydroxylation is 2. The van der Waals surface area contributed by atoms with Gasteiger partial charge in [-0.05, 0) is 32.0 Å². The largest absolute Gasteiger partial charge is 0.460 e. The predicted octanol–water partition coefficient (Wildman–Crippen LogP) is 1.11. The van der Waals surface area contributed by atoms with Gasteiger partial charge in [0.25, 0.3) is 5.82 Å². The topological polar surface area (TPSA) is 83.0 Å². The second-order valence-corrected chi connectivity index (χ2v) is 3.82. The lowest BCUT2D eigenvalue weighted by Gasteiger charge is -1.98. The number of carbonyl (C=O) groups excluding carboxylic acids is 1. The van der Waals surface area contributed by atoms with Crippen molar-refractivity contribution in [3.8, 4) is 0 Å². The van der Waals surface area contributed by atoms with E-state index in [9.17, 15) is 4.79 Å². The van der Waals surface area contributed by atoms with Crippen LogP contribution >= 0.6 is 0 Å². The van der Waals surface area contributed by atoms with Crippen molar-refractivity contribution in [1.82, 2.24) is 19.9 Å².